The van der Waals surface area contributed by atoms with Gasteiger partial charge in [-0.2, -0.15) is 0 Å². The standard InChI is InChI=1S/C17H18N4O2S/c22-15(20-9-8-18-16(20)23)11-24-17-19-10-14(21(17)13-6-7-13)12-4-2-1-3-5-12/h1-5,10,13H,6-9,11H2,(H,18,23). The molecule has 2 fully saturated rings. The summed E-state index contributed by atoms with van der Waals surface area (Å²) in [7, 11) is 0. The zero-order chi connectivity index (χ0) is 16.5. The molecule has 1 saturated heterocycles. The van der Waals surface area contributed by atoms with Crippen molar-refractivity contribution in [2.75, 3.05) is 18.8 Å². The first-order chi connectivity index (χ1) is 11.7. The van der Waals surface area contributed by atoms with Gasteiger partial charge < -0.3 is 9.88 Å². The lowest BCUT2D eigenvalue weighted by atomic mass is 10.2. The average molecular weight is 342 g/mol. The second kappa shape index (κ2) is 6.32. The molecule has 0 bridgehead atoms. The van der Waals surface area contributed by atoms with E-state index in [1.165, 1.54) is 16.7 Å². The van der Waals surface area contributed by atoms with Crippen LogP contribution in [0.1, 0.15) is 18.9 Å². The number of amides is 3. The van der Waals surface area contributed by atoms with Crippen molar-refractivity contribution in [3.05, 3.63) is 36.5 Å². The second-order valence-electron chi connectivity index (χ2n) is 5.96. The number of aromatic nitrogens is 2. The Kier molecular flexibility index (Phi) is 4.02. The van der Waals surface area contributed by atoms with Crippen LogP contribution in [0.15, 0.2) is 41.7 Å². The van der Waals surface area contributed by atoms with Crippen LogP contribution >= 0.6 is 11.8 Å². The van der Waals surface area contributed by atoms with Crippen molar-refractivity contribution in [2.45, 2.75) is 24.0 Å². The maximum atomic E-state index is 12.2. The summed E-state index contributed by atoms with van der Waals surface area (Å²) < 4.78 is 2.23. The number of imide groups is 1. The summed E-state index contributed by atoms with van der Waals surface area (Å²) >= 11 is 1.41. The van der Waals surface area contributed by atoms with E-state index in [0.717, 1.165) is 29.3 Å². The Hall–Kier alpha value is -2.28. The molecule has 7 heteroatoms. The Morgan fingerprint density at radius 2 is 2.08 bits per heavy atom. The summed E-state index contributed by atoms with van der Waals surface area (Å²) in [6.45, 7) is 0.981. The minimum atomic E-state index is -0.295. The predicted octanol–water partition coefficient (Wildman–Crippen LogP) is 2.53. The van der Waals surface area contributed by atoms with Gasteiger partial charge in [-0.3, -0.25) is 9.69 Å². The van der Waals surface area contributed by atoms with Gasteiger partial charge >= 0.3 is 6.03 Å². The van der Waals surface area contributed by atoms with Gasteiger partial charge in [0.2, 0.25) is 5.91 Å². The number of carbonyl (C=O) groups excluding carboxylic acids is 2. The lowest BCUT2D eigenvalue weighted by Crippen LogP contribution is -2.35. The number of thioether (sulfide) groups is 1. The highest BCUT2D eigenvalue weighted by Gasteiger charge is 2.30. The molecule has 0 spiro atoms. The molecule has 1 aromatic carbocycles. The first kappa shape index (κ1) is 15.3. The SMILES string of the molecule is O=C(CSc1ncc(-c2ccccc2)n1C1CC1)N1CCNC1=O. The highest BCUT2D eigenvalue weighted by Crippen LogP contribution is 2.41. The average Bonchev–Trinajstić information content (AvgIpc) is 3.21. The van der Waals surface area contributed by atoms with E-state index in [4.69, 9.17) is 0 Å². The van der Waals surface area contributed by atoms with E-state index in [2.05, 4.69) is 27.0 Å². The highest BCUT2D eigenvalue weighted by molar-refractivity contribution is 7.99. The number of benzene rings is 1. The Morgan fingerprint density at radius 3 is 2.75 bits per heavy atom. The fraction of sp³-hybridized carbons (Fsp3) is 0.353. The fourth-order valence-corrected chi connectivity index (χ4v) is 3.79. The molecule has 2 aromatic rings. The van der Waals surface area contributed by atoms with Crippen LogP contribution in [0.25, 0.3) is 11.3 Å². The molecule has 0 atom stereocenters. The minimum absolute atomic E-state index is 0.165. The number of rotatable bonds is 5. The zero-order valence-corrected chi connectivity index (χ0v) is 14.0. The van der Waals surface area contributed by atoms with Gasteiger partial charge in [-0.05, 0) is 18.4 Å². The number of urea groups is 1. The van der Waals surface area contributed by atoms with E-state index < -0.39 is 0 Å². The lowest BCUT2D eigenvalue weighted by molar-refractivity contribution is -0.124. The topological polar surface area (TPSA) is 67.2 Å². The van der Waals surface area contributed by atoms with Crippen LogP contribution < -0.4 is 5.32 Å². The van der Waals surface area contributed by atoms with E-state index in [0.29, 0.717) is 19.1 Å². The monoisotopic (exact) mass is 342 g/mol. The molecular weight excluding hydrogens is 324 g/mol. The summed E-state index contributed by atoms with van der Waals surface area (Å²) in [5, 5.41) is 3.50. The quantitative estimate of drug-likeness (QED) is 0.848. The van der Waals surface area contributed by atoms with Crippen LogP contribution in [0.4, 0.5) is 4.79 Å². The Morgan fingerprint density at radius 1 is 1.29 bits per heavy atom. The number of nitrogens with zero attached hydrogens (tertiary/aromatic N) is 3. The first-order valence-corrected chi connectivity index (χ1v) is 9.06. The molecule has 1 saturated carbocycles. The van der Waals surface area contributed by atoms with Crippen LogP contribution in [0.5, 0.6) is 0 Å². The number of imidazole rings is 1. The zero-order valence-electron chi connectivity index (χ0n) is 13.1. The third-order valence-corrected chi connectivity index (χ3v) is 5.18. The van der Waals surface area contributed by atoms with Gasteiger partial charge in [-0.1, -0.05) is 42.1 Å². The van der Waals surface area contributed by atoms with Gasteiger partial charge in [0.15, 0.2) is 5.16 Å². The number of nitrogens with one attached hydrogen (secondary N) is 1. The molecule has 1 aliphatic heterocycles. The Bertz CT molecular complexity index is 770. The maximum absolute atomic E-state index is 12.2. The summed E-state index contributed by atoms with van der Waals surface area (Å²) in [5.41, 5.74) is 2.22. The van der Waals surface area contributed by atoms with Crippen molar-refractivity contribution in [3.63, 3.8) is 0 Å². The molecular formula is C17H18N4O2S. The van der Waals surface area contributed by atoms with Gasteiger partial charge in [-0.25, -0.2) is 9.78 Å². The summed E-state index contributed by atoms with van der Waals surface area (Å²) in [6.07, 6.45) is 4.17. The molecule has 6 nitrogen and oxygen atoms in total. The van der Waals surface area contributed by atoms with Gasteiger partial charge in [0.1, 0.15) is 0 Å². The van der Waals surface area contributed by atoms with E-state index in [-0.39, 0.29) is 17.7 Å². The van der Waals surface area contributed by atoms with E-state index in [1.54, 1.807) is 0 Å². The molecule has 0 radical (unpaired) electrons. The Labute approximate surface area is 144 Å². The van der Waals surface area contributed by atoms with Crippen LogP contribution in [0.2, 0.25) is 0 Å². The maximum Gasteiger partial charge on any atom is 0.324 e. The van der Waals surface area contributed by atoms with Crippen LogP contribution in [0, 0.1) is 0 Å². The fourth-order valence-electron chi connectivity index (χ4n) is 2.87. The molecule has 124 valence electrons. The molecule has 1 N–H and O–H groups in total. The van der Waals surface area contributed by atoms with Gasteiger partial charge in [-0.15, -0.1) is 0 Å². The largest absolute Gasteiger partial charge is 0.336 e. The molecule has 0 unspecified atom stereocenters. The molecule has 1 aliphatic carbocycles. The summed E-state index contributed by atoms with van der Waals surface area (Å²) in [4.78, 5) is 29.6. The van der Waals surface area contributed by atoms with E-state index in [1.807, 2.05) is 24.4 Å². The highest BCUT2D eigenvalue weighted by atomic mass is 32.2. The molecule has 3 amide bonds. The van der Waals surface area contributed by atoms with Crippen LogP contribution in [-0.2, 0) is 4.79 Å². The van der Waals surface area contributed by atoms with Crippen molar-refractivity contribution in [2.24, 2.45) is 0 Å². The van der Waals surface area contributed by atoms with Crippen molar-refractivity contribution < 1.29 is 9.59 Å². The third-order valence-electron chi connectivity index (χ3n) is 4.23. The second-order valence-corrected chi connectivity index (χ2v) is 6.90. The van der Waals surface area contributed by atoms with E-state index in [9.17, 15) is 9.59 Å². The minimum Gasteiger partial charge on any atom is -0.336 e. The summed E-state index contributed by atoms with van der Waals surface area (Å²) in [5.74, 6) is 0.0624. The van der Waals surface area contributed by atoms with Gasteiger partial charge in [0, 0.05) is 19.1 Å². The molecule has 24 heavy (non-hydrogen) atoms. The lowest BCUT2D eigenvalue weighted by Gasteiger charge is -2.13. The van der Waals surface area contributed by atoms with Gasteiger partial charge in [0.25, 0.3) is 0 Å². The predicted molar refractivity (Wildman–Crippen MR) is 91.8 cm³/mol. The van der Waals surface area contributed by atoms with E-state index >= 15 is 0 Å². The molecule has 2 heterocycles. The first-order valence-electron chi connectivity index (χ1n) is 8.07. The molecule has 2 aliphatic rings. The van der Waals surface area contributed by atoms with Crippen molar-refractivity contribution >= 4 is 23.7 Å². The van der Waals surface area contributed by atoms with Crippen molar-refractivity contribution in [3.8, 4) is 11.3 Å². The number of hydrogen-bond acceptors (Lipinski definition) is 4. The molecule has 1 aromatic heterocycles. The number of hydrogen-bond donors (Lipinski definition) is 1. The third kappa shape index (κ3) is 2.91. The number of carbonyl (C=O) groups is 2. The smallest absolute Gasteiger partial charge is 0.324 e. The normalized spacial score (nSPS) is 17.2. The van der Waals surface area contributed by atoms with Crippen molar-refractivity contribution in [1.82, 2.24) is 19.8 Å². The van der Waals surface area contributed by atoms with Crippen LogP contribution in [-0.4, -0.2) is 45.2 Å². The van der Waals surface area contributed by atoms with Crippen LogP contribution in [0.3, 0.4) is 0 Å². The van der Waals surface area contributed by atoms with Crippen molar-refractivity contribution in [1.29, 1.82) is 0 Å². The van der Waals surface area contributed by atoms with Gasteiger partial charge in [0.05, 0.1) is 17.6 Å². The Balaban J connectivity index is 1.52. The summed E-state index contributed by atoms with van der Waals surface area (Å²) in [6, 6.07) is 10.3. The molecule has 4 rings (SSSR count).